The van der Waals surface area contributed by atoms with E-state index in [0.29, 0.717) is 25.0 Å². The van der Waals surface area contributed by atoms with Crippen LogP contribution in [0.5, 0.6) is 0 Å². The molecule has 2 rings (SSSR count). The van der Waals surface area contributed by atoms with Gasteiger partial charge in [0.15, 0.2) is 0 Å². The van der Waals surface area contributed by atoms with E-state index in [1.165, 1.54) is 11.9 Å². The molecule has 1 aliphatic heterocycles. The fraction of sp³-hybridized carbons (Fsp3) is 0.714. The standard InChI is InChI=1S/C14H25N3O2S/c1-4-12-11-17(20(3,18)19)9-7-14(12)15-10-13-6-5-8-16(13)2/h5-6,8,12,14-15H,4,7,9-11H2,1-3H3. The van der Waals surface area contributed by atoms with E-state index >= 15 is 0 Å². The third-order valence-corrected chi connectivity index (χ3v) is 5.56. The lowest BCUT2D eigenvalue weighted by molar-refractivity contribution is 0.201. The van der Waals surface area contributed by atoms with Crippen molar-refractivity contribution in [3.8, 4) is 0 Å². The highest BCUT2D eigenvalue weighted by molar-refractivity contribution is 7.88. The van der Waals surface area contributed by atoms with Crippen molar-refractivity contribution in [1.82, 2.24) is 14.2 Å². The van der Waals surface area contributed by atoms with Gasteiger partial charge in [0, 0.05) is 44.6 Å². The molecule has 0 spiro atoms. The van der Waals surface area contributed by atoms with E-state index in [9.17, 15) is 8.42 Å². The van der Waals surface area contributed by atoms with E-state index < -0.39 is 10.0 Å². The molecule has 2 unspecified atom stereocenters. The second-order valence-corrected chi connectivity index (χ2v) is 7.66. The Kier molecular flexibility index (Phi) is 4.88. The molecular formula is C14H25N3O2S. The minimum Gasteiger partial charge on any atom is -0.353 e. The van der Waals surface area contributed by atoms with Gasteiger partial charge >= 0.3 is 0 Å². The number of nitrogens with one attached hydrogen (secondary N) is 1. The van der Waals surface area contributed by atoms with E-state index in [0.717, 1.165) is 19.4 Å². The molecule has 1 N–H and O–H groups in total. The Bertz CT molecular complexity index is 538. The summed E-state index contributed by atoms with van der Waals surface area (Å²) in [4.78, 5) is 0. The summed E-state index contributed by atoms with van der Waals surface area (Å²) in [6.07, 6.45) is 5.23. The van der Waals surface area contributed by atoms with Gasteiger partial charge in [-0.1, -0.05) is 13.3 Å². The SMILES string of the molecule is CCC1CN(S(C)(=O)=O)CCC1NCc1cccn1C. The van der Waals surface area contributed by atoms with E-state index in [-0.39, 0.29) is 0 Å². The number of rotatable bonds is 5. The topological polar surface area (TPSA) is 54.3 Å². The van der Waals surface area contributed by atoms with Gasteiger partial charge in [0.1, 0.15) is 0 Å². The zero-order chi connectivity index (χ0) is 14.8. The van der Waals surface area contributed by atoms with Crippen LogP contribution in [-0.4, -0.2) is 42.7 Å². The maximum atomic E-state index is 11.6. The Morgan fingerprint density at radius 1 is 1.45 bits per heavy atom. The Morgan fingerprint density at radius 2 is 2.20 bits per heavy atom. The number of aromatic nitrogens is 1. The van der Waals surface area contributed by atoms with Gasteiger partial charge < -0.3 is 9.88 Å². The molecule has 0 radical (unpaired) electrons. The first-order valence-corrected chi connectivity index (χ1v) is 9.05. The summed E-state index contributed by atoms with van der Waals surface area (Å²) in [6, 6.07) is 4.55. The summed E-state index contributed by atoms with van der Waals surface area (Å²) in [5.74, 6) is 0.388. The number of sulfonamides is 1. The van der Waals surface area contributed by atoms with Crippen LogP contribution in [0.15, 0.2) is 18.3 Å². The van der Waals surface area contributed by atoms with Gasteiger partial charge in [-0.15, -0.1) is 0 Å². The molecule has 0 saturated carbocycles. The lowest BCUT2D eigenvalue weighted by Crippen LogP contribution is -2.50. The minimum atomic E-state index is -3.06. The van der Waals surface area contributed by atoms with Crippen molar-refractivity contribution in [2.75, 3.05) is 19.3 Å². The first-order chi connectivity index (χ1) is 9.41. The molecule has 0 aromatic carbocycles. The van der Waals surface area contributed by atoms with Crippen molar-refractivity contribution in [3.63, 3.8) is 0 Å². The maximum absolute atomic E-state index is 11.6. The van der Waals surface area contributed by atoms with E-state index in [1.54, 1.807) is 4.31 Å². The number of nitrogens with zero attached hydrogens (tertiary/aromatic N) is 2. The molecule has 20 heavy (non-hydrogen) atoms. The molecule has 0 aliphatic carbocycles. The van der Waals surface area contributed by atoms with Gasteiger partial charge in [0.2, 0.25) is 10.0 Å². The van der Waals surface area contributed by atoms with Crippen LogP contribution in [0.3, 0.4) is 0 Å². The van der Waals surface area contributed by atoms with Crippen LogP contribution in [-0.2, 0) is 23.6 Å². The number of hydrogen-bond acceptors (Lipinski definition) is 3. The molecule has 1 fully saturated rings. The smallest absolute Gasteiger partial charge is 0.211 e. The van der Waals surface area contributed by atoms with Crippen LogP contribution in [0.2, 0.25) is 0 Å². The lowest BCUT2D eigenvalue weighted by atomic mass is 9.91. The van der Waals surface area contributed by atoms with Crippen LogP contribution in [0.4, 0.5) is 0 Å². The van der Waals surface area contributed by atoms with Crippen molar-refractivity contribution >= 4 is 10.0 Å². The second-order valence-electron chi connectivity index (χ2n) is 5.68. The highest BCUT2D eigenvalue weighted by Crippen LogP contribution is 2.22. The predicted molar refractivity (Wildman–Crippen MR) is 80.9 cm³/mol. The van der Waals surface area contributed by atoms with Gasteiger partial charge in [0.25, 0.3) is 0 Å². The molecule has 1 aliphatic rings. The summed E-state index contributed by atoms with van der Waals surface area (Å²) >= 11 is 0. The average Bonchev–Trinajstić information content (AvgIpc) is 2.80. The van der Waals surface area contributed by atoms with Crippen LogP contribution in [0, 0.1) is 5.92 Å². The van der Waals surface area contributed by atoms with Gasteiger partial charge in [-0.3, -0.25) is 0 Å². The second kappa shape index (κ2) is 6.28. The fourth-order valence-electron chi connectivity index (χ4n) is 2.90. The molecule has 6 heteroatoms. The monoisotopic (exact) mass is 299 g/mol. The molecule has 1 aromatic heterocycles. The Labute approximate surface area is 122 Å². The molecular weight excluding hydrogens is 274 g/mol. The van der Waals surface area contributed by atoms with Gasteiger partial charge in [-0.25, -0.2) is 12.7 Å². The largest absolute Gasteiger partial charge is 0.353 e. The summed E-state index contributed by atoms with van der Waals surface area (Å²) in [7, 11) is -1.01. The van der Waals surface area contributed by atoms with Crippen LogP contribution in [0.25, 0.3) is 0 Å². The van der Waals surface area contributed by atoms with Gasteiger partial charge in [-0.05, 0) is 24.5 Å². The van der Waals surface area contributed by atoms with Crippen molar-refractivity contribution < 1.29 is 8.42 Å². The van der Waals surface area contributed by atoms with Crippen molar-refractivity contribution in [2.45, 2.75) is 32.4 Å². The number of piperidine rings is 1. The summed E-state index contributed by atoms with van der Waals surface area (Å²) in [5.41, 5.74) is 1.25. The van der Waals surface area contributed by atoms with Crippen molar-refractivity contribution in [1.29, 1.82) is 0 Å². The predicted octanol–water partition coefficient (Wildman–Crippen LogP) is 1.17. The molecule has 1 aromatic rings. The normalized spacial score (nSPS) is 24.9. The molecule has 1 saturated heterocycles. The maximum Gasteiger partial charge on any atom is 0.211 e. The summed E-state index contributed by atoms with van der Waals surface area (Å²) < 4.78 is 27.0. The molecule has 0 bridgehead atoms. The highest BCUT2D eigenvalue weighted by atomic mass is 32.2. The Morgan fingerprint density at radius 3 is 2.75 bits per heavy atom. The molecule has 5 nitrogen and oxygen atoms in total. The van der Waals surface area contributed by atoms with Gasteiger partial charge in [-0.2, -0.15) is 0 Å². The van der Waals surface area contributed by atoms with Crippen LogP contribution >= 0.6 is 0 Å². The molecule has 2 heterocycles. The first-order valence-electron chi connectivity index (χ1n) is 7.20. The van der Waals surface area contributed by atoms with E-state index in [4.69, 9.17) is 0 Å². The zero-order valence-electron chi connectivity index (χ0n) is 12.5. The quantitative estimate of drug-likeness (QED) is 0.888. The van der Waals surface area contributed by atoms with Gasteiger partial charge in [0.05, 0.1) is 6.26 Å². The average molecular weight is 299 g/mol. The van der Waals surface area contributed by atoms with Crippen molar-refractivity contribution in [2.24, 2.45) is 13.0 Å². The van der Waals surface area contributed by atoms with Crippen LogP contribution in [0.1, 0.15) is 25.5 Å². The number of aryl methyl sites for hydroxylation is 1. The third-order valence-electron chi connectivity index (χ3n) is 4.29. The third kappa shape index (κ3) is 3.62. The van der Waals surface area contributed by atoms with Crippen molar-refractivity contribution in [3.05, 3.63) is 24.0 Å². The molecule has 0 amide bonds. The first kappa shape index (κ1) is 15.5. The summed E-state index contributed by atoms with van der Waals surface area (Å²) in [5, 5.41) is 3.60. The summed E-state index contributed by atoms with van der Waals surface area (Å²) in [6.45, 7) is 4.23. The van der Waals surface area contributed by atoms with E-state index in [1.807, 2.05) is 19.3 Å². The number of hydrogen-bond donors (Lipinski definition) is 1. The lowest BCUT2D eigenvalue weighted by Gasteiger charge is -2.37. The minimum absolute atomic E-state index is 0.388. The van der Waals surface area contributed by atoms with Crippen LogP contribution < -0.4 is 5.32 Å². The highest BCUT2D eigenvalue weighted by Gasteiger charge is 2.31. The Balaban J connectivity index is 1.94. The fourth-order valence-corrected chi connectivity index (χ4v) is 3.80. The Hall–Kier alpha value is -0.850. The molecule has 2 atom stereocenters. The van der Waals surface area contributed by atoms with E-state index in [2.05, 4.69) is 22.9 Å². The zero-order valence-corrected chi connectivity index (χ0v) is 13.4. The molecule has 114 valence electrons.